The number of hydrogen-bond acceptors (Lipinski definition) is 4. The van der Waals surface area contributed by atoms with Crippen molar-refractivity contribution >= 4 is 22.6 Å². The number of nitrogen functional groups attached to an aromatic ring is 1. The summed E-state index contributed by atoms with van der Waals surface area (Å²) in [5, 5.41) is 0.683. The highest BCUT2D eigenvalue weighted by atomic mass is 35.5. The van der Waals surface area contributed by atoms with E-state index in [0.717, 1.165) is 42.9 Å². The first-order valence-corrected chi connectivity index (χ1v) is 12.1. The van der Waals surface area contributed by atoms with Crippen molar-refractivity contribution in [2.45, 2.75) is 64.5 Å². The largest absolute Gasteiger partial charge is 0.375 e. The first kappa shape index (κ1) is 20.7. The van der Waals surface area contributed by atoms with Gasteiger partial charge in [0.15, 0.2) is 0 Å². The van der Waals surface area contributed by atoms with Crippen LogP contribution in [0.25, 0.3) is 11.0 Å². The number of likely N-dealkylation sites (tertiary alicyclic amines) is 2. The topological polar surface area (TPSA) is 50.3 Å². The van der Waals surface area contributed by atoms with Gasteiger partial charge >= 0.3 is 0 Å². The minimum absolute atomic E-state index is 0.213. The fraction of sp³-hybridized carbons (Fsp3) is 0.560. The number of imidazole rings is 1. The molecule has 2 atom stereocenters. The van der Waals surface area contributed by atoms with Gasteiger partial charge in [0, 0.05) is 41.0 Å². The molecule has 6 heteroatoms. The van der Waals surface area contributed by atoms with Crippen LogP contribution in [0.2, 0.25) is 5.02 Å². The molecule has 2 N–H and O–H groups in total. The Labute approximate surface area is 190 Å². The summed E-state index contributed by atoms with van der Waals surface area (Å²) in [4.78, 5) is 9.89. The second kappa shape index (κ2) is 7.77. The zero-order valence-corrected chi connectivity index (χ0v) is 19.4. The highest BCUT2D eigenvalue weighted by Gasteiger charge is 2.56. The van der Waals surface area contributed by atoms with Crippen molar-refractivity contribution in [1.82, 2.24) is 19.5 Å². The summed E-state index contributed by atoms with van der Waals surface area (Å²) in [7, 11) is 0. The molecule has 0 radical (unpaired) electrons. The molecule has 0 bridgehead atoms. The van der Waals surface area contributed by atoms with E-state index in [2.05, 4.69) is 23.3 Å². The van der Waals surface area contributed by atoms with E-state index in [4.69, 9.17) is 29.0 Å². The van der Waals surface area contributed by atoms with E-state index in [-0.39, 0.29) is 5.41 Å². The monoisotopic (exact) mass is 439 g/mol. The summed E-state index contributed by atoms with van der Waals surface area (Å²) >= 11 is 6.19. The highest BCUT2D eigenvalue weighted by molar-refractivity contribution is 6.31. The number of aromatic nitrogens is 2. The highest BCUT2D eigenvalue weighted by Crippen LogP contribution is 2.58. The Balaban J connectivity index is 1.44. The lowest BCUT2D eigenvalue weighted by Gasteiger charge is -2.45. The molecule has 1 saturated carbocycles. The van der Waals surface area contributed by atoms with Gasteiger partial charge in [-0.3, -0.25) is 0 Å². The predicted octanol–water partition coefficient (Wildman–Crippen LogP) is 5.30. The predicted molar refractivity (Wildman–Crippen MR) is 128 cm³/mol. The molecule has 3 fully saturated rings. The lowest BCUT2D eigenvalue weighted by atomic mass is 9.64. The van der Waals surface area contributed by atoms with E-state index in [1.165, 1.54) is 49.9 Å². The SMILES string of the molecule is C=C(CC)N1CCC2(CC1)C(=C)N(Cc1nc3ccc(Cl)cc3n1N)C1CCCCC12. The summed E-state index contributed by atoms with van der Waals surface area (Å²) in [6.45, 7) is 14.1. The second-order valence-corrected chi connectivity index (χ2v) is 10.1. The van der Waals surface area contributed by atoms with Crippen molar-refractivity contribution in [2.75, 3.05) is 18.9 Å². The third-order valence-corrected chi connectivity index (χ3v) is 8.54. The molecule has 1 aromatic carbocycles. The smallest absolute Gasteiger partial charge is 0.147 e. The molecule has 1 aliphatic carbocycles. The van der Waals surface area contributed by atoms with Gasteiger partial charge in [-0.2, -0.15) is 0 Å². The molecule has 0 amide bonds. The van der Waals surface area contributed by atoms with Crippen molar-refractivity contribution in [1.29, 1.82) is 0 Å². The molecule has 5 nitrogen and oxygen atoms in total. The molecule has 2 aliphatic heterocycles. The van der Waals surface area contributed by atoms with Gasteiger partial charge < -0.3 is 15.6 Å². The molecular weight excluding hydrogens is 406 g/mol. The van der Waals surface area contributed by atoms with Crippen molar-refractivity contribution in [3.05, 3.63) is 53.6 Å². The first-order chi connectivity index (χ1) is 14.9. The zero-order chi connectivity index (χ0) is 21.8. The molecule has 166 valence electrons. The fourth-order valence-electron chi connectivity index (χ4n) is 6.53. The molecule has 5 rings (SSSR count). The molecule has 1 aromatic heterocycles. The molecule has 3 heterocycles. The van der Waals surface area contributed by atoms with Gasteiger partial charge in [-0.1, -0.05) is 44.5 Å². The number of benzene rings is 1. The average Bonchev–Trinajstić information content (AvgIpc) is 3.21. The summed E-state index contributed by atoms with van der Waals surface area (Å²) in [5.74, 6) is 8.04. The minimum Gasteiger partial charge on any atom is -0.375 e. The number of hydrogen-bond donors (Lipinski definition) is 1. The average molecular weight is 440 g/mol. The van der Waals surface area contributed by atoms with Crippen LogP contribution in [0.5, 0.6) is 0 Å². The van der Waals surface area contributed by atoms with Crippen LogP contribution in [-0.4, -0.2) is 38.6 Å². The van der Waals surface area contributed by atoms with E-state index in [1.54, 1.807) is 4.68 Å². The second-order valence-electron chi connectivity index (χ2n) is 9.63. The number of nitrogens with zero attached hydrogens (tertiary/aromatic N) is 4. The molecule has 3 aliphatic rings. The first-order valence-electron chi connectivity index (χ1n) is 11.8. The lowest BCUT2D eigenvalue weighted by Crippen LogP contribution is -2.44. The Kier molecular flexibility index (Phi) is 5.20. The standard InChI is InChI=1S/C25H34ClN5/c1-4-17(2)29-13-11-25(12-14-29)18(3)30(22-8-6-5-7-20(22)25)16-24-28-21-10-9-19(26)15-23(21)31(24)27/h9-10,15,20,22H,2-8,11-14,16,27H2,1H3. The molecular formula is C25H34ClN5. The van der Waals surface area contributed by atoms with Crippen LogP contribution in [0.3, 0.4) is 0 Å². The Morgan fingerprint density at radius 1 is 1.26 bits per heavy atom. The Morgan fingerprint density at radius 2 is 2.00 bits per heavy atom. The number of rotatable bonds is 4. The minimum atomic E-state index is 0.213. The van der Waals surface area contributed by atoms with Crippen molar-refractivity contribution in [3.63, 3.8) is 0 Å². The molecule has 2 aromatic rings. The molecule has 31 heavy (non-hydrogen) atoms. The number of piperidine rings is 1. The van der Waals surface area contributed by atoms with Gasteiger partial charge in [-0.25, -0.2) is 9.66 Å². The molecule has 1 spiro atoms. The third-order valence-electron chi connectivity index (χ3n) is 8.31. The zero-order valence-electron chi connectivity index (χ0n) is 18.6. The maximum Gasteiger partial charge on any atom is 0.147 e. The molecule has 2 saturated heterocycles. The van der Waals surface area contributed by atoms with Crippen LogP contribution in [0, 0.1) is 11.3 Å². The van der Waals surface area contributed by atoms with Crippen LogP contribution in [0.15, 0.2) is 42.8 Å². The number of allylic oxidation sites excluding steroid dienone is 2. The molecule has 2 unspecified atom stereocenters. The number of halogens is 1. The van der Waals surface area contributed by atoms with E-state index in [1.807, 2.05) is 18.2 Å². The summed E-state index contributed by atoms with van der Waals surface area (Å²) in [5.41, 5.74) is 4.58. The Bertz CT molecular complexity index is 1020. The van der Waals surface area contributed by atoms with Crippen LogP contribution in [0.4, 0.5) is 0 Å². The van der Waals surface area contributed by atoms with Crippen molar-refractivity contribution in [2.24, 2.45) is 11.3 Å². The summed E-state index contributed by atoms with van der Waals surface area (Å²) in [6.07, 6.45) is 8.58. The fourth-order valence-corrected chi connectivity index (χ4v) is 6.69. The van der Waals surface area contributed by atoms with Crippen molar-refractivity contribution in [3.8, 4) is 0 Å². The maximum absolute atomic E-state index is 6.46. The van der Waals surface area contributed by atoms with E-state index in [0.29, 0.717) is 17.0 Å². The Morgan fingerprint density at radius 3 is 2.74 bits per heavy atom. The van der Waals surface area contributed by atoms with E-state index >= 15 is 0 Å². The maximum atomic E-state index is 6.46. The Hall–Kier alpha value is -2.14. The van der Waals surface area contributed by atoms with Gasteiger partial charge in [0.1, 0.15) is 5.82 Å². The van der Waals surface area contributed by atoms with Gasteiger partial charge in [-0.15, -0.1) is 0 Å². The lowest BCUT2D eigenvalue weighted by molar-refractivity contribution is 0.0873. The normalized spacial score (nSPS) is 25.4. The van der Waals surface area contributed by atoms with Gasteiger partial charge in [0.25, 0.3) is 0 Å². The van der Waals surface area contributed by atoms with Crippen LogP contribution >= 0.6 is 11.6 Å². The summed E-state index contributed by atoms with van der Waals surface area (Å²) in [6, 6.07) is 6.27. The van der Waals surface area contributed by atoms with Gasteiger partial charge in [0.2, 0.25) is 0 Å². The quantitative estimate of drug-likeness (QED) is 0.657. The van der Waals surface area contributed by atoms with Crippen LogP contribution < -0.4 is 5.84 Å². The number of nitrogens with two attached hydrogens (primary N) is 1. The summed E-state index contributed by atoms with van der Waals surface area (Å²) < 4.78 is 1.71. The third kappa shape index (κ3) is 3.24. The van der Waals surface area contributed by atoms with Gasteiger partial charge in [0.05, 0.1) is 17.6 Å². The van der Waals surface area contributed by atoms with Crippen molar-refractivity contribution < 1.29 is 0 Å². The van der Waals surface area contributed by atoms with Gasteiger partial charge in [-0.05, 0) is 56.2 Å². The number of fused-ring (bicyclic) bond motifs is 3. The van der Waals surface area contributed by atoms with E-state index < -0.39 is 0 Å². The van der Waals surface area contributed by atoms with E-state index in [9.17, 15) is 0 Å². The van der Waals surface area contributed by atoms with Crippen LogP contribution in [-0.2, 0) is 6.54 Å². The van der Waals surface area contributed by atoms with Crippen LogP contribution in [0.1, 0.15) is 57.7 Å².